The number of amides is 3. The van der Waals surface area contributed by atoms with Gasteiger partial charge in [-0.3, -0.25) is 14.9 Å². The zero-order chi connectivity index (χ0) is 33.0. The van der Waals surface area contributed by atoms with E-state index in [2.05, 4.69) is 25.7 Å². The van der Waals surface area contributed by atoms with Crippen LogP contribution in [0.2, 0.25) is 0 Å². The van der Waals surface area contributed by atoms with Crippen LogP contribution in [-0.4, -0.2) is 68.7 Å². The molecule has 1 aliphatic rings. The summed E-state index contributed by atoms with van der Waals surface area (Å²) >= 11 is 0. The summed E-state index contributed by atoms with van der Waals surface area (Å²) in [5.74, 6) is 1.36. The molecule has 1 saturated heterocycles. The van der Waals surface area contributed by atoms with Crippen molar-refractivity contribution < 1.29 is 19.1 Å². The summed E-state index contributed by atoms with van der Waals surface area (Å²) in [4.78, 5) is 51.1. The van der Waals surface area contributed by atoms with Crippen molar-refractivity contribution in [2.75, 3.05) is 30.4 Å². The molecule has 240 valence electrons. The number of aromatic nitrogens is 4. The van der Waals surface area contributed by atoms with Gasteiger partial charge >= 0.3 is 6.03 Å². The summed E-state index contributed by atoms with van der Waals surface area (Å²) in [7, 11) is 1.81. The van der Waals surface area contributed by atoms with Crippen LogP contribution in [0.3, 0.4) is 0 Å². The molecule has 2 aromatic carbocycles. The average Bonchev–Trinajstić information content (AvgIpc) is 3.69. The number of rotatable bonds is 8. The molecule has 1 unspecified atom stereocenters. The van der Waals surface area contributed by atoms with Gasteiger partial charge in [-0.15, -0.1) is 0 Å². The Kier molecular flexibility index (Phi) is 9.36. The van der Waals surface area contributed by atoms with Crippen LogP contribution in [0.15, 0.2) is 66.9 Å². The zero-order valence-corrected chi connectivity index (χ0v) is 27.1. The van der Waals surface area contributed by atoms with Gasteiger partial charge in [-0.2, -0.15) is 14.8 Å². The first kappa shape index (κ1) is 32.1. The number of benzene rings is 2. The van der Waals surface area contributed by atoms with Gasteiger partial charge in [0, 0.05) is 68.5 Å². The minimum Gasteiger partial charge on any atom is -0.439 e. The average molecular weight is 625 g/mol. The number of anilines is 2. The SMILES string of the molecule is CC(=O)N(C)C1CCN(c2nccc(Oc3ccccc3CNC(=O)Nc3cc(C(C)(C)C)nn3C(=O)c3ccc(C)cc3)n2)C1. The number of nitrogens with one attached hydrogen (secondary N) is 2. The monoisotopic (exact) mass is 624 g/mol. The lowest BCUT2D eigenvalue weighted by Crippen LogP contribution is -2.37. The number of carbonyl (C=O) groups is 3. The van der Waals surface area contributed by atoms with E-state index in [0.717, 1.165) is 24.1 Å². The Morgan fingerprint density at radius 2 is 1.80 bits per heavy atom. The first-order valence-electron chi connectivity index (χ1n) is 15.2. The van der Waals surface area contributed by atoms with Crippen LogP contribution >= 0.6 is 0 Å². The number of ether oxygens (including phenoxy) is 1. The van der Waals surface area contributed by atoms with Crippen molar-refractivity contribution in [2.24, 2.45) is 0 Å². The standard InChI is InChI=1S/C34H40N8O4/c1-22-11-13-24(14-12-22)31(44)42-29(19-28(39-42)34(3,4)5)37-33(45)36-20-25-9-7-8-10-27(25)46-30-15-17-35-32(38-30)41-18-16-26(21-41)40(6)23(2)43/h7-15,17,19,26H,16,18,20-21H2,1-6H3,(H2,36,37,45). The predicted molar refractivity (Wildman–Crippen MR) is 175 cm³/mol. The number of hydrogen-bond donors (Lipinski definition) is 2. The molecule has 0 saturated carbocycles. The lowest BCUT2D eigenvalue weighted by atomic mass is 9.92. The molecule has 2 N–H and O–H groups in total. The van der Waals surface area contributed by atoms with Gasteiger partial charge < -0.3 is 19.9 Å². The zero-order valence-electron chi connectivity index (χ0n) is 27.1. The fourth-order valence-corrected chi connectivity index (χ4v) is 5.05. The van der Waals surface area contributed by atoms with E-state index in [1.54, 1.807) is 48.4 Å². The van der Waals surface area contributed by atoms with Gasteiger partial charge in [0.05, 0.1) is 11.7 Å². The molecule has 0 radical (unpaired) electrons. The van der Waals surface area contributed by atoms with Gasteiger partial charge in [-0.25, -0.2) is 9.78 Å². The predicted octanol–water partition coefficient (Wildman–Crippen LogP) is 5.14. The number of nitrogens with zero attached hydrogens (tertiary/aromatic N) is 6. The Morgan fingerprint density at radius 3 is 2.52 bits per heavy atom. The molecule has 3 amide bonds. The lowest BCUT2D eigenvalue weighted by molar-refractivity contribution is -0.129. The second kappa shape index (κ2) is 13.4. The Balaban J connectivity index is 1.26. The molecule has 12 heteroatoms. The van der Waals surface area contributed by atoms with Gasteiger partial charge in [0.1, 0.15) is 11.6 Å². The topological polar surface area (TPSA) is 135 Å². The molecule has 5 rings (SSSR count). The molecule has 2 aromatic heterocycles. The maximum Gasteiger partial charge on any atom is 0.320 e. The third-order valence-corrected chi connectivity index (χ3v) is 7.94. The molecule has 46 heavy (non-hydrogen) atoms. The van der Waals surface area contributed by atoms with Crippen LogP contribution in [0, 0.1) is 6.92 Å². The van der Waals surface area contributed by atoms with Crippen LogP contribution in [-0.2, 0) is 16.8 Å². The summed E-state index contributed by atoms with van der Waals surface area (Å²) in [6.45, 7) is 11.0. The number of aryl methyl sites for hydroxylation is 1. The summed E-state index contributed by atoms with van der Waals surface area (Å²) in [6, 6.07) is 17.5. The van der Waals surface area contributed by atoms with Crippen LogP contribution in [0.25, 0.3) is 0 Å². The maximum atomic E-state index is 13.4. The van der Waals surface area contributed by atoms with Crippen LogP contribution < -0.4 is 20.3 Å². The van der Waals surface area contributed by atoms with Crippen molar-refractivity contribution in [3.05, 3.63) is 89.2 Å². The van der Waals surface area contributed by atoms with E-state index < -0.39 is 6.03 Å². The molecule has 1 aliphatic heterocycles. The van der Waals surface area contributed by atoms with Crippen molar-refractivity contribution in [1.82, 2.24) is 30.0 Å². The highest BCUT2D eigenvalue weighted by Gasteiger charge is 2.29. The molecule has 12 nitrogen and oxygen atoms in total. The Morgan fingerprint density at radius 1 is 1.07 bits per heavy atom. The minimum absolute atomic E-state index is 0.0276. The fraction of sp³-hybridized carbons (Fsp3) is 0.353. The second-order valence-electron chi connectivity index (χ2n) is 12.5. The number of carbonyl (C=O) groups excluding carboxylic acids is 3. The summed E-state index contributed by atoms with van der Waals surface area (Å²) in [6.07, 6.45) is 2.47. The number of urea groups is 1. The van der Waals surface area contributed by atoms with Crippen molar-refractivity contribution >= 4 is 29.6 Å². The first-order chi connectivity index (χ1) is 21.9. The van der Waals surface area contributed by atoms with Crippen molar-refractivity contribution in [2.45, 2.75) is 59.0 Å². The van der Waals surface area contributed by atoms with Crippen molar-refractivity contribution in [3.63, 3.8) is 0 Å². The molecule has 0 spiro atoms. The van der Waals surface area contributed by atoms with Crippen LogP contribution in [0.5, 0.6) is 11.6 Å². The molecule has 0 aliphatic carbocycles. The van der Waals surface area contributed by atoms with Crippen LogP contribution in [0.1, 0.15) is 61.3 Å². The number of likely N-dealkylation sites (N-methyl/N-ethyl adjacent to an activating group) is 1. The molecule has 1 fully saturated rings. The van der Waals surface area contributed by atoms with Crippen molar-refractivity contribution in [3.8, 4) is 11.6 Å². The van der Waals surface area contributed by atoms with E-state index in [4.69, 9.17) is 4.74 Å². The van der Waals surface area contributed by atoms with E-state index in [9.17, 15) is 14.4 Å². The Labute approximate surface area is 268 Å². The van der Waals surface area contributed by atoms with E-state index in [1.165, 1.54) is 4.68 Å². The second-order valence-corrected chi connectivity index (χ2v) is 12.5. The summed E-state index contributed by atoms with van der Waals surface area (Å²) in [5, 5.41) is 10.2. The van der Waals surface area contributed by atoms with Gasteiger partial charge in [0.25, 0.3) is 5.91 Å². The highest BCUT2D eigenvalue weighted by molar-refractivity contribution is 5.99. The van der Waals surface area contributed by atoms with Gasteiger partial charge in [-0.1, -0.05) is 56.7 Å². The smallest absolute Gasteiger partial charge is 0.320 e. The highest BCUT2D eigenvalue weighted by atomic mass is 16.5. The molecular weight excluding hydrogens is 584 g/mol. The molecular formula is C34H40N8O4. The van der Waals surface area contributed by atoms with Gasteiger partial charge in [0.2, 0.25) is 17.7 Å². The highest BCUT2D eigenvalue weighted by Crippen LogP contribution is 2.27. The number of hydrogen-bond acceptors (Lipinski definition) is 8. The van der Waals surface area contributed by atoms with Crippen molar-refractivity contribution in [1.29, 1.82) is 0 Å². The van der Waals surface area contributed by atoms with Gasteiger partial charge in [-0.05, 0) is 31.5 Å². The van der Waals surface area contributed by atoms with E-state index in [-0.39, 0.29) is 35.6 Å². The maximum absolute atomic E-state index is 13.4. The lowest BCUT2D eigenvalue weighted by Gasteiger charge is -2.23. The molecule has 4 aromatic rings. The largest absolute Gasteiger partial charge is 0.439 e. The number of para-hydroxylation sites is 1. The Bertz CT molecular complexity index is 1730. The molecule has 1 atom stereocenters. The first-order valence-corrected chi connectivity index (χ1v) is 15.2. The fourth-order valence-electron chi connectivity index (χ4n) is 5.05. The molecule has 3 heterocycles. The summed E-state index contributed by atoms with van der Waals surface area (Å²) < 4.78 is 7.38. The minimum atomic E-state index is -0.503. The van der Waals surface area contributed by atoms with E-state index in [1.807, 2.05) is 70.0 Å². The van der Waals surface area contributed by atoms with Crippen LogP contribution in [0.4, 0.5) is 16.6 Å². The molecule has 0 bridgehead atoms. The van der Waals surface area contributed by atoms with E-state index >= 15 is 0 Å². The van der Waals surface area contributed by atoms with E-state index in [0.29, 0.717) is 35.4 Å². The summed E-state index contributed by atoms with van der Waals surface area (Å²) in [5.41, 5.74) is 2.55. The Hall–Kier alpha value is -5.26. The third-order valence-electron chi connectivity index (χ3n) is 7.94. The third kappa shape index (κ3) is 7.51. The quantitative estimate of drug-likeness (QED) is 0.275. The van der Waals surface area contributed by atoms with Gasteiger partial charge in [0.15, 0.2) is 0 Å². The normalized spacial score (nSPS) is 14.6.